The molecule has 0 saturated heterocycles. The first kappa shape index (κ1) is 29.6. The molecule has 0 N–H and O–H groups in total. The van der Waals surface area contributed by atoms with E-state index in [0.29, 0.717) is 23.6 Å². The Bertz CT molecular complexity index is 1700. The van der Waals surface area contributed by atoms with Gasteiger partial charge in [-0.1, -0.05) is 50.6 Å². The molecule has 0 spiro atoms. The number of hydrogen-bond donors (Lipinski definition) is 0. The summed E-state index contributed by atoms with van der Waals surface area (Å²) in [5.74, 6) is -9.27. The average molecular weight is 604 g/mol. The van der Waals surface area contributed by atoms with E-state index < -0.39 is 46.5 Å². The lowest BCUT2D eigenvalue weighted by atomic mass is 10.0. The summed E-state index contributed by atoms with van der Waals surface area (Å²) in [5, 5.41) is 0.758. The quantitative estimate of drug-likeness (QED) is 0.124. The largest absolute Gasteiger partial charge is 0.432 e. The van der Waals surface area contributed by atoms with Crippen molar-refractivity contribution in [1.82, 2.24) is 4.98 Å². The van der Waals surface area contributed by atoms with Gasteiger partial charge in [-0.2, -0.15) is 8.78 Å². The Kier molecular flexibility index (Phi) is 8.28. The summed E-state index contributed by atoms with van der Waals surface area (Å²) in [6.45, 7) is 4.40. The van der Waals surface area contributed by atoms with Gasteiger partial charge >= 0.3 is 6.11 Å². The third-order valence-corrected chi connectivity index (χ3v) is 7.77. The van der Waals surface area contributed by atoms with Crippen LogP contribution in [0.5, 0.6) is 5.75 Å². The number of aromatic nitrogens is 1. The average Bonchev–Trinajstić information content (AvgIpc) is 3.34. The van der Waals surface area contributed by atoms with Gasteiger partial charge in [-0.05, 0) is 59.7 Å². The Morgan fingerprint density at radius 1 is 0.762 bits per heavy atom. The van der Waals surface area contributed by atoms with Gasteiger partial charge in [0.1, 0.15) is 28.0 Å². The van der Waals surface area contributed by atoms with Crippen LogP contribution in [0.3, 0.4) is 0 Å². The summed E-state index contributed by atoms with van der Waals surface area (Å²) in [5.41, 5.74) is 1.45. The molecule has 42 heavy (non-hydrogen) atoms. The first-order chi connectivity index (χ1) is 19.9. The highest BCUT2D eigenvalue weighted by Gasteiger charge is 2.41. The molecule has 4 aromatic carbocycles. The lowest BCUT2D eigenvalue weighted by Gasteiger charge is -2.20. The molecule has 0 saturated carbocycles. The maximum Gasteiger partial charge on any atom is 0.432 e. The molecule has 1 aromatic heterocycles. The van der Waals surface area contributed by atoms with Crippen molar-refractivity contribution >= 4 is 21.6 Å². The monoisotopic (exact) mass is 603 g/mol. The zero-order valence-electron chi connectivity index (χ0n) is 22.5. The summed E-state index contributed by atoms with van der Waals surface area (Å²) in [7, 11) is 0. The van der Waals surface area contributed by atoms with Crippen LogP contribution in [0.4, 0.5) is 30.7 Å². The van der Waals surface area contributed by atoms with Crippen LogP contribution >= 0.6 is 11.3 Å². The minimum atomic E-state index is -4.66. The minimum absolute atomic E-state index is 0.0229. The molecule has 5 rings (SSSR count). The van der Waals surface area contributed by atoms with E-state index in [4.69, 9.17) is 0 Å². The van der Waals surface area contributed by atoms with Crippen molar-refractivity contribution < 1.29 is 35.5 Å². The highest BCUT2D eigenvalue weighted by atomic mass is 32.1. The maximum atomic E-state index is 14.8. The molecule has 0 bridgehead atoms. The van der Waals surface area contributed by atoms with Crippen molar-refractivity contribution in [1.29, 1.82) is 0 Å². The van der Waals surface area contributed by atoms with Crippen LogP contribution in [0.15, 0.2) is 66.7 Å². The molecule has 2 nitrogen and oxygen atoms in total. The Morgan fingerprint density at radius 2 is 1.38 bits per heavy atom. The van der Waals surface area contributed by atoms with E-state index in [2.05, 4.69) is 35.7 Å². The van der Waals surface area contributed by atoms with Gasteiger partial charge in [0.25, 0.3) is 0 Å². The molecule has 0 amide bonds. The second-order valence-electron chi connectivity index (χ2n) is 10.3. The Hall–Kier alpha value is -3.92. The van der Waals surface area contributed by atoms with Crippen molar-refractivity contribution in [3.05, 3.63) is 107 Å². The van der Waals surface area contributed by atoms with Crippen LogP contribution in [0, 0.1) is 35.0 Å². The summed E-state index contributed by atoms with van der Waals surface area (Å²) >= 11 is 1.52. The highest BCUT2D eigenvalue weighted by molar-refractivity contribution is 7.21. The van der Waals surface area contributed by atoms with Gasteiger partial charge in [0.2, 0.25) is 0 Å². The molecule has 0 aliphatic rings. The van der Waals surface area contributed by atoms with E-state index in [1.165, 1.54) is 16.9 Å². The summed E-state index contributed by atoms with van der Waals surface area (Å²) in [6, 6.07) is 14.5. The number of halogens is 7. The molecular weight excluding hydrogens is 579 g/mol. The topological polar surface area (TPSA) is 22.1 Å². The predicted octanol–water partition coefficient (Wildman–Crippen LogP) is 10.4. The standard InChI is InChI=1S/C32H24F7NOS/c1-17(2)4-3-5-18-6-11-27-28(12-18)42-31(40-27)20-9-7-19(8-10-20)21-13-23(33)29(24(34)14-21)32(38,39)41-22-15-25(35)30(37)26(36)16-22/h6-17H,3-5H2,1-2H3. The molecule has 0 aliphatic carbocycles. The molecule has 10 heteroatoms. The lowest BCUT2D eigenvalue weighted by molar-refractivity contribution is -0.189. The highest BCUT2D eigenvalue weighted by Crippen LogP contribution is 2.38. The first-order valence-corrected chi connectivity index (χ1v) is 13.9. The van der Waals surface area contributed by atoms with E-state index >= 15 is 0 Å². The van der Waals surface area contributed by atoms with Gasteiger partial charge in [-0.15, -0.1) is 11.3 Å². The van der Waals surface area contributed by atoms with Crippen LogP contribution < -0.4 is 4.74 Å². The first-order valence-electron chi connectivity index (χ1n) is 13.1. The van der Waals surface area contributed by atoms with Crippen LogP contribution in [0.25, 0.3) is 31.9 Å². The van der Waals surface area contributed by atoms with Gasteiger partial charge in [0.15, 0.2) is 17.5 Å². The third-order valence-electron chi connectivity index (χ3n) is 6.70. The van der Waals surface area contributed by atoms with Gasteiger partial charge in [0.05, 0.1) is 10.2 Å². The number of ether oxygens (including phenoxy) is 1. The molecule has 218 valence electrons. The number of thiazole rings is 1. The minimum Gasteiger partial charge on any atom is -0.429 e. The zero-order chi connectivity index (χ0) is 30.2. The van der Waals surface area contributed by atoms with Crippen molar-refractivity contribution in [3.8, 4) is 27.4 Å². The van der Waals surface area contributed by atoms with Crippen LogP contribution in [-0.2, 0) is 12.5 Å². The fraction of sp³-hybridized carbons (Fsp3) is 0.219. The number of benzene rings is 4. The second-order valence-corrected chi connectivity index (χ2v) is 11.3. The number of nitrogens with zero attached hydrogens (tertiary/aromatic N) is 1. The van der Waals surface area contributed by atoms with Gasteiger partial charge in [-0.3, -0.25) is 0 Å². The number of aryl methyl sites for hydroxylation is 1. The number of alkyl halides is 2. The summed E-state index contributed by atoms with van der Waals surface area (Å²) in [4.78, 5) is 4.69. The van der Waals surface area contributed by atoms with Crippen molar-refractivity contribution in [2.75, 3.05) is 0 Å². The van der Waals surface area contributed by atoms with Crippen molar-refractivity contribution in [2.24, 2.45) is 5.92 Å². The van der Waals surface area contributed by atoms with Gasteiger partial charge < -0.3 is 4.74 Å². The lowest BCUT2D eigenvalue weighted by Crippen LogP contribution is -2.25. The van der Waals surface area contributed by atoms with E-state index in [1.807, 2.05) is 6.07 Å². The molecule has 0 radical (unpaired) electrons. The Morgan fingerprint density at radius 3 is 2.00 bits per heavy atom. The molecule has 0 aliphatic heterocycles. The fourth-order valence-electron chi connectivity index (χ4n) is 4.58. The van der Waals surface area contributed by atoms with Crippen molar-refractivity contribution in [3.63, 3.8) is 0 Å². The molecular formula is C32H24F7NOS. The smallest absolute Gasteiger partial charge is 0.429 e. The molecule has 0 atom stereocenters. The number of fused-ring (bicyclic) bond motifs is 1. The second kappa shape index (κ2) is 11.8. The molecule has 0 unspecified atom stereocenters. The molecule has 5 aromatic rings. The Balaban J connectivity index is 1.36. The normalized spacial score (nSPS) is 12.0. The zero-order valence-corrected chi connectivity index (χ0v) is 23.3. The molecule has 1 heterocycles. The predicted molar refractivity (Wildman–Crippen MR) is 149 cm³/mol. The van der Waals surface area contributed by atoms with Crippen LogP contribution in [0.1, 0.15) is 37.8 Å². The Labute approximate surface area is 241 Å². The van der Waals surface area contributed by atoms with Gasteiger partial charge in [0, 0.05) is 17.7 Å². The third kappa shape index (κ3) is 6.28. The van der Waals surface area contributed by atoms with E-state index in [0.717, 1.165) is 40.1 Å². The fourth-order valence-corrected chi connectivity index (χ4v) is 5.61. The van der Waals surface area contributed by atoms with Crippen LogP contribution in [-0.4, -0.2) is 4.98 Å². The van der Waals surface area contributed by atoms with E-state index in [1.54, 1.807) is 24.3 Å². The van der Waals surface area contributed by atoms with E-state index in [9.17, 15) is 30.7 Å². The van der Waals surface area contributed by atoms with Gasteiger partial charge in [-0.25, -0.2) is 26.9 Å². The summed E-state index contributed by atoms with van der Waals surface area (Å²) in [6.07, 6.45) is -1.40. The number of rotatable bonds is 9. The van der Waals surface area contributed by atoms with Crippen molar-refractivity contribution in [2.45, 2.75) is 39.2 Å². The van der Waals surface area contributed by atoms with E-state index in [-0.39, 0.29) is 17.7 Å². The SMILES string of the molecule is CC(C)CCCc1ccc2nc(-c3ccc(-c4cc(F)c(C(F)(F)Oc5cc(F)c(F)c(F)c5)c(F)c4)cc3)sc2c1. The summed E-state index contributed by atoms with van der Waals surface area (Å²) < 4.78 is 104. The molecule has 0 fully saturated rings. The maximum absolute atomic E-state index is 14.8. The number of hydrogen-bond acceptors (Lipinski definition) is 3. The van der Waals surface area contributed by atoms with Crippen LogP contribution in [0.2, 0.25) is 0 Å².